The van der Waals surface area contributed by atoms with Gasteiger partial charge in [0.05, 0.1) is 5.69 Å². The Morgan fingerprint density at radius 3 is 2.52 bits per heavy atom. The van der Waals surface area contributed by atoms with Crippen LogP contribution in [0.15, 0.2) is 35.2 Å². The second-order valence-electron chi connectivity index (χ2n) is 5.06. The highest BCUT2D eigenvalue weighted by Gasteiger charge is 2.13. The van der Waals surface area contributed by atoms with Crippen molar-refractivity contribution in [2.75, 3.05) is 11.1 Å². The van der Waals surface area contributed by atoms with Crippen LogP contribution >= 0.6 is 11.3 Å². The van der Waals surface area contributed by atoms with E-state index in [1.54, 1.807) is 23.5 Å². The van der Waals surface area contributed by atoms with Crippen molar-refractivity contribution < 1.29 is 8.42 Å². The summed E-state index contributed by atoms with van der Waals surface area (Å²) in [5, 5.41) is 8.40. The molecule has 0 aliphatic heterocycles. The molecule has 2 aromatic rings. The van der Waals surface area contributed by atoms with Gasteiger partial charge in [0.15, 0.2) is 0 Å². The number of primary sulfonamides is 1. The smallest absolute Gasteiger partial charge is 0.240 e. The number of aryl methyl sites for hydroxylation is 1. The van der Waals surface area contributed by atoms with Crippen LogP contribution in [0, 0.1) is 6.92 Å². The highest BCUT2D eigenvalue weighted by atomic mass is 32.2. The predicted molar refractivity (Wildman–Crippen MR) is 88.1 cm³/mol. The molecule has 0 saturated carbocycles. The summed E-state index contributed by atoms with van der Waals surface area (Å²) in [6.07, 6.45) is 0.898. The number of benzene rings is 1. The summed E-state index contributed by atoms with van der Waals surface area (Å²) in [5.41, 5.74) is 6.67. The third kappa shape index (κ3) is 4.20. The fourth-order valence-corrected chi connectivity index (χ4v) is 3.79. The lowest BCUT2D eigenvalue weighted by molar-refractivity contribution is 0.598. The molecule has 114 valence electrons. The number of nitrogens with one attached hydrogen (secondary N) is 1. The number of thiophene rings is 1. The van der Waals surface area contributed by atoms with Gasteiger partial charge in [-0.3, -0.25) is 0 Å². The minimum absolute atomic E-state index is 0.0467. The molecular weight excluding hydrogens is 306 g/mol. The van der Waals surface area contributed by atoms with E-state index in [9.17, 15) is 8.42 Å². The number of nitrogens with two attached hydrogens (primary N) is 2. The van der Waals surface area contributed by atoms with Gasteiger partial charge in [-0.25, -0.2) is 13.6 Å². The molecule has 0 radical (unpaired) electrons. The number of anilines is 2. The molecule has 0 aliphatic rings. The Balaban J connectivity index is 2.08. The third-order valence-electron chi connectivity index (χ3n) is 3.03. The normalized spacial score (nSPS) is 13.1. The molecule has 5 nitrogen and oxygen atoms in total. The molecule has 2 rings (SSSR count). The zero-order chi connectivity index (χ0) is 15.6. The molecule has 21 heavy (non-hydrogen) atoms. The molecule has 1 unspecified atom stereocenters. The summed E-state index contributed by atoms with van der Waals surface area (Å²) >= 11 is 1.78. The standard InChI is InChI=1S/C14H19N3O2S2/c1-9(7-12-5-3-10(2)20-12)17-11-4-6-14(13(15)8-11)21(16,18)19/h3-6,8-9,17H,7,15H2,1-2H3,(H2,16,18,19). The van der Waals surface area contributed by atoms with Gasteiger partial charge in [0, 0.05) is 27.9 Å². The van der Waals surface area contributed by atoms with E-state index in [2.05, 4.69) is 31.3 Å². The molecule has 0 amide bonds. The second-order valence-corrected chi connectivity index (χ2v) is 7.96. The van der Waals surface area contributed by atoms with Gasteiger partial charge in [-0.05, 0) is 44.2 Å². The molecule has 0 spiro atoms. The maximum absolute atomic E-state index is 11.3. The van der Waals surface area contributed by atoms with Crippen LogP contribution in [-0.2, 0) is 16.4 Å². The number of rotatable bonds is 5. The van der Waals surface area contributed by atoms with Crippen LogP contribution in [0.4, 0.5) is 11.4 Å². The topological polar surface area (TPSA) is 98.2 Å². The van der Waals surface area contributed by atoms with Crippen LogP contribution in [0.25, 0.3) is 0 Å². The van der Waals surface area contributed by atoms with Crippen molar-refractivity contribution in [2.45, 2.75) is 31.2 Å². The lowest BCUT2D eigenvalue weighted by atomic mass is 10.2. The summed E-state index contributed by atoms with van der Waals surface area (Å²) in [5.74, 6) is 0. The Labute approximate surface area is 129 Å². The van der Waals surface area contributed by atoms with Crippen molar-refractivity contribution in [3.05, 3.63) is 40.1 Å². The minimum Gasteiger partial charge on any atom is -0.398 e. The molecule has 1 aromatic heterocycles. The molecule has 0 bridgehead atoms. The summed E-state index contributed by atoms with van der Waals surface area (Å²) in [4.78, 5) is 2.55. The fourth-order valence-electron chi connectivity index (χ4n) is 2.13. The van der Waals surface area contributed by atoms with Crippen molar-refractivity contribution in [2.24, 2.45) is 5.14 Å². The van der Waals surface area contributed by atoms with Gasteiger partial charge >= 0.3 is 0 Å². The van der Waals surface area contributed by atoms with E-state index in [0.29, 0.717) is 0 Å². The van der Waals surface area contributed by atoms with E-state index in [-0.39, 0.29) is 16.6 Å². The van der Waals surface area contributed by atoms with E-state index < -0.39 is 10.0 Å². The van der Waals surface area contributed by atoms with Gasteiger partial charge in [-0.1, -0.05) is 0 Å². The van der Waals surface area contributed by atoms with Crippen molar-refractivity contribution in [3.63, 3.8) is 0 Å². The first-order valence-corrected chi connectivity index (χ1v) is 8.86. The Bertz CT molecular complexity index is 738. The molecule has 0 aliphatic carbocycles. The average molecular weight is 325 g/mol. The van der Waals surface area contributed by atoms with Crippen molar-refractivity contribution in [3.8, 4) is 0 Å². The van der Waals surface area contributed by atoms with Crippen LogP contribution in [0.5, 0.6) is 0 Å². The molecule has 0 fully saturated rings. The lowest BCUT2D eigenvalue weighted by Gasteiger charge is -2.15. The SMILES string of the molecule is Cc1ccc(CC(C)Nc2ccc(S(N)(=O)=O)c(N)c2)s1. The summed E-state index contributed by atoms with van der Waals surface area (Å²) in [6.45, 7) is 4.15. The van der Waals surface area contributed by atoms with E-state index in [1.165, 1.54) is 15.8 Å². The largest absolute Gasteiger partial charge is 0.398 e. The van der Waals surface area contributed by atoms with Gasteiger partial charge in [-0.15, -0.1) is 11.3 Å². The molecule has 0 saturated heterocycles. The molecule has 7 heteroatoms. The van der Waals surface area contributed by atoms with Gasteiger partial charge in [0.2, 0.25) is 10.0 Å². The fraction of sp³-hybridized carbons (Fsp3) is 0.286. The van der Waals surface area contributed by atoms with Crippen LogP contribution in [0.3, 0.4) is 0 Å². The quantitative estimate of drug-likeness (QED) is 0.735. The maximum atomic E-state index is 11.3. The summed E-state index contributed by atoms with van der Waals surface area (Å²) in [7, 11) is -3.78. The molecule has 1 heterocycles. The van der Waals surface area contributed by atoms with Crippen molar-refractivity contribution in [1.82, 2.24) is 0 Å². The summed E-state index contributed by atoms with van der Waals surface area (Å²) < 4.78 is 22.6. The van der Waals surface area contributed by atoms with Crippen LogP contribution in [-0.4, -0.2) is 14.5 Å². The molecule has 1 aromatic carbocycles. The van der Waals surface area contributed by atoms with Gasteiger partial charge in [0.1, 0.15) is 4.90 Å². The minimum atomic E-state index is -3.78. The second kappa shape index (κ2) is 6.05. The van der Waals surface area contributed by atoms with E-state index in [4.69, 9.17) is 10.9 Å². The van der Waals surface area contributed by atoms with E-state index in [0.717, 1.165) is 12.1 Å². The zero-order valence-corrected chi connectivity index (χ0v) is 13.6. The Morgan fingerprint density at radius 2 is 2.00 bits per heavy atom. The summed E-state index contributed by atoms with van der Waals surface area (Å²) in [6, 6.07) is 9.13. The van der Waals surface area contributed by atoms with Gasteiger partial charge < -0.3 is 11.1 Å². The lowest BCUT2D eigenvalue weighted by Crippen LogP contribution is -2.18. The van der Waals surface area contributed by atoms with Crippen LogP contribution < -0.4 is 16.2 Å². The molecular formula is C14H19N3O2S2. The van der Waals surface area contributed by atoms with E-state index >= 15 is 0 Å². The first-order valence-electron chi connectivity index (χ1n) is 6.50. The van der Waals surface area contributed by atoms with Crippen molar-refractivity contribution in [1.29, 1.82) is 0 Å². The highest BCUT2D eigenvalue weighted by Crippen LogP contribution is 2.23. The highest BCUT2D eigenvalue weighted by molar-refractivity contribution is 7.89. The third-order valence-corrected chi connectivity index (χ3v) is 5.04. The Morgan fingerprint density at radius 1 is 1.29 bits per heavy atom. The number of hydrogen-bond donors (Lipinski definition) is 3. The first kappa shape index (κ1) is 15.8. The number of nitrogen functional groups attached to an aromatic ring is 1. The predicted octanol–water partition coefficient (Wildman–Crippen LogP) is 2.33. The Hall–Kier alpha value is -1.57. The number of hydrogen-bond acceptors (Lipinski definition) is 5. The monoisotopic (exact) mass is 325 g/mol. The van der Waals surface area contributed by atoms with Crippen molar-refractivity contribution >= 4 is 32.7 Å². The average Bonchev–Trinajstić information content (AvgIpc) is 2.72. The van der Waals surface area contributed by atoms with Gasteiger partial charge in [0.25, 0.3) is 0 Å². The van der Waals surface area contributed by atoms with Crippen LogP contribution in [0.1, 0.15) is 16.7 Å². The molecule has 5 N–H and O–H groups in total. The van der Waals surface area contributed by atoms with Crippen LogP contribution in [0.2, 0.25) is 0 Å². The first-order chi connectivity index (χ1) is 9.75. The maximum Gasteiger partial charge on any atom is 0.240 e. The number of sulfonamides is 1. The molecule has 1 atom stereocenters. The Kier molecular flexibility index (Phi) is 4.55. The van der Waals surface area contributed by atoms with Gasteiger partial charge in [-0.2, -0.15) is 0 Å². The van der Waals surface area contributed by atoms with E-state index in [1.807, 2.05) is 0 Å². The zero-order valence-electron chi connectivity index (χ0n) is 12.0.